The average Bonchev–Trinajstić information content (AvgIpc) is 2.32. The summed E-state index contributed by atoms with van der Waals surface area (Å²) in [4.78, 5) is -0.129. The number of nitrogens with two attached hydrogens (primary N) is 1. The van der Waals surface area contributed by atoms with Crippen molar-refractivity contribution >= 4 is 27.3 Å². The number of hydrogen-bond donors (Lipinski definition) is 1. The van der Waals surface area contributed by atoms with Crippen molar-refractivity contribution in [3.05, 3.63) is 23.0 Å². The first-order valence-corrected chi connectivity index (χ1v) is 8.20. The van der Waals surface area contributed by atoms with Crippen LogP contribution in [-0.2, 0) is 10.0 Å². The average molecular weight is 321 g/mol. The lowest BCUT2D eigenvalue weighted by Gasteiger charge is -2.37. The Bertz CT molecular complexity index is 632. The van der Waals surface area contributed by atoms with Gasteiger partial charge in [-0.15, -0.1) is 0 Å². The van der Waals surface area contributed by atoms with Crippen LogP contribution in [0.25, 0.3) is 0 Å². The third-order valence-electron chi connectivity index (χ3n) is 3.53. The van der Waals surface area contributed by atoms with Gasteiger partial charge in [-0.25, -0.2) is 12.8 Å². The molecule has 0 atom stereocenters. The summed E-state index contributed by atoms with van der Waals surface area (Å²) in [5, 5.41) is -0.139. The van der Waals surface area contributed by atoms with E-state index in [1.807, 2.05) is 13.8 Å². The number of piperidine rings is 1. The first-order valence-electron chi connectivity index (χ1n) is 6.38. The minimum atomic E-state index is -3.75. The highest BCUT2D eigenvalue weighted by molar-refractivity contribution is 7.89. The monoisotopic (exact) mass is 320 g/mol. The van der Waals surface area contributed by atoms with E-state index in [4.69, 9.17) is 17.3 Å². The third kappa shape index (κ3) is 2.92. The zero-order valence-corrected chi connectivity index (χ0v) is 13.1. The molecule has 1 saturated heterocycles. The molecule has 1 fully saturated rings. The lowest BCUT2D eigenvalue weighted by Crippen LogP contribution is -2.43. The van der Waals surface area contributed by atoms with Crippen molar-refractivity contribution in [3.63, 3.8) is 0 Å². The van der Waals surface area contributed by atoms with Crippen molar-refractivity contribution in [1.29, 1.82) is 0 Å². The van der Waals surface area contributed by atoms with Gasteiger partial charge >= 0.3 is 0 Å². The summed E-state index contributed by atoms with van der Waals surface area (Å²) in [7, 11) is -3.75. The molecule has 7 heteroatoms. The number of nitrogens with zero attached hydrogens (tertiary/aromatic N) is 1. The molecular weight excluding hydrogens is 303 g/mol. The van der Waals surface area contributed by atoms with Gasteiger partial charge in [-0.05, 0) is 30.4 Å². The number of rotatable bonds is 2. The Kier molecular flexibility index (Phi) is 4.01. The zero-order chi connectivity index (χ0) is 15.1. The van der Waals surface area contributed by atoms with Gasteiger partial charge in [0.15, 0.2) is 0 Å². The molecule has 2 N–H and O–H groups in total. The fourth-order valence-electron chi connectivity index (χ4n) is 2.46. The molecule has 4 nitrogen and oxygen atoms in total. The number of hydrogen-bond acceptors (Lipinski definition) is 3. The molecular formula is C13H18ClFN2O2S. The van der Waals surface area contributed by atoms with Crippen LogP contribution in [0.3, 0.4) is 0 Å². The fraction of sp³-hybridized carbons (Fsp3) is 0.538. The molecule has 0 aromatic heterocycles. The van der Waals surface area contributed by atoms with Gasteiger partial charge in [-0.3, -0.25) is 0 Å². The van der Waals surface area contributed by atoms with E-state index in [0.717, 1.165) is 25.0 Å². The topological polar surface area (TPSA) is 63.4 Å². The van der Waals surface area contributed by atoms with Crippen LogP contribution in [0.5, 0.6) is 0 Å². The fourth-order valence-corrected chi connectivity index (χ4v) is 4.65. The Morgan fingerprint density at radius 2 is 2.05 bits per heavy atom. The lowest BCUT2D eigenvalue weighted by atomic mass is 9.85. The Labute approximate surface area is 123 Å². The Morgan fingerprint density at radius 3 is 2.65 bits per heavy atom. The van der Waals surface area contributed by atoms with Crippen molar-refractivity contribution in [1.82, 2.24) is 4.31 Å². The summed E-state index contributed by atoms with van der Waals surface area (Å²) in [5.74, 6) is -0.715. The second-order valence-corrected chi connectivity index (χ2v) is 8.22. The second kappa shape index (κ2) is 5.16. The van der Waals surface area contributed by atoms with Crippen LogP contribution in [0.1, 0.15) is 26.7 Å². The second-order valence-electron chi connectivity index (χ2n) is 5.91. The van der Waals surface area contributed by atoms with Gasteiger partial charge in [0.2, 0.25) is 10.0 Å². The van der Waals surface area contributed by atoms with Gasteiger partial charge in [0.25, 0.3) is 0 Å². The van der Waals surface area contributed by atoms with Crippen LogP contribution in [0.2, 0.25) is 5.02 Å². The van der Waals surface area contributed by atoms with Gasteiger partial charge in [0.1, 0.15) is 10.7 Å². The molecule has 0 amide bonds. The molecule has 112 valence electrons. The predicted molar refractivity (Wildman–Crippen MR) is 77.6 cm³/mol. The molecule has 0 unspecified atom stereocenters. The normalized spacial score (nSPS) is 20.0. The molecule has 1 aromatic rings. The maximum Gasteiger partial charge on any atom is 0.244 e. The summed E-state index contributed by atoms with van der Waals surface area (Å²) < 4.78 is 39.9. The molecule has 0 aliphatic carbocycles. The maximum atomic E-state index is 13.3. The maximum absolute atomic E-state index is 13.3. The smallest absolute Gasteiger partial charge is 0.244 e. The largest absolute Gasteiger partial charge is 0.396 e. The minimum Gasteiger partial charge on any atom is -0.396 e. The molecule has 2 rings (SSSR count). The number of nitrogen functional groups attached to an aromatic ring is 1. The molecule has 0 radical (unpaired) electrons. The summed E-state index contributed by atoms with van der Waals surface area (Å²) >= 11 is 5.87. The molecule has 1 aliphatic rings. The number of benzene rings is 1. The van der Waals surface area contributed by atoms with Crippen LogP contribution in [-0.4, -0.2) is 25.8 Å². The van der Waals surface area contributed by atoms with Gasteiger partial charge in [0.05, 0.1) is 10.7 Å². The van der Waals surface area contributed by atoms with E-state index in [9.17, 15) is 12.8 Å². The quantitative estimate of drug-likeness (QED) is 0.852. The molecule has 0 saturated carbocycles. The van der Waals surface area contributed by atoms with Crippen LogP contribution < -0.4 is 5.73 Å². The van der Waals surface area contributed by atoms with Gasteiger partial charge in [0, 0.05) is 13.1 Å². The van der Waals surface area contributed by atoms with Crippen molar-refractivity contribution in [2.45, 2.75) is 31.6 Å². The highest BCUT2D eigenvalue weighted by atomic mass is 35.5. The van der Waals surface area contributed by atoms with Gasteiger partial charge in [-0.1, -0.05) is 25.4 Å². The van der Waals surface area contributed by atoms with Crippen molar-refractivity contribution in [3.8, 4) is 0 Å². The Hall–Kier alpha value is -0.850. The first-order chi connectivity index (χ1) is 9.13. The molecule has 0 spiro atoms. The number of sulfonamides is 1. The summed E-state index contributed by atoms with van der Waals surface area (Å²) in [6, 6.07) is 2.04. The van der Waals surface area contributed by atoms with Gasteiger partial charge in [-0.2, -0.15) is 4.31 Å². The molecule has 1 aliphatic heterocycles. The van der Waals surface area contributed by atoms with Crippen LogP contribution in [0.4, 0.5) is 10.1 Å². The van der Waals surface area contributed by atoms with E-state index in [0.29, 0.717) is 13.1 Å². The van der Waals surface area contributed by atoms with E-state index < -0.39 is 15.8 Å². The number of anilines is 1. The Morgan fingerprint density at radius 1 is 1.40 bits per heavy atom. The Balaban J connectivity index is 2.43. The highest BCUT2D eigenvalue weighted by Gasteiger charge is 2.35. The predicted octanol–water partition coefficient (Wildman–Crippen LogP) is 2.87. The first kappa shape index (κ1) is 15.5. The number of halogens is 2. The summed E-state index contributed by atoms with van der Waals surface area (Å²) in [6.45, 7) is 4.91. The lowest BCUT2D eigenvalue weighted by molar-refractivity contribution is 0.187. The van der Waals surface area contributed by atoms with Crippen LogP contribution in [0, 0.1) is 11.2 Å². The molecule has 1 heterocycles. The summed E-state index contributed by atoms with van der Waals surface area (Å²) in [6.07, 6.45) is 1.76. The summed E-state index contributed by atoms with van der Waals surface area (Å²) in [5.41, 5.74) is 5.15. The van der Waals surface area contributed by atoms with E-state index >= 15 is 0 Å². The SMILES string of the molecule is CC1(C)CCCN(S(=O)(=O)c2cc(N)c(F)cc2Cl)C1. The third-order valence-corrected chi connectivity index (χ3v) is 5.84. The molecule has 20 heavy (non-hydrogen) atoms. The zero-order valence-electron chi connectivity index (χ0n) is 11.5. The van der Waals surface area contributed by atoms with Crippen LogP contribution in [0.15, 0.2) is 17.0 Å². The highest BCUT2D eigenvalue weighted by Crippen LogP contribution is 2.34. The molecule has 1 aromatic carbocycles. The van der Waals surface area contributed by atoms with E-state index in [2.05, 4.69) is 0 Å². The molecule has 0 bridgehead atoms. The van der Waals surface area contributed by atoms with E-state index in [-0.39, 0.29) is 21.0 Å². The minimum absolute atomic E-state index is 0.0800. The van der Waals surface area contributed by atoms with Crippen molar-refractivity contribution in [2.75, 3.05) is 18.8 Å². The van der Waals surface area contributed by atoms with Crippen LogP contribution >= 0.6 is 11.6 Å². The van der Waals surface area contributed by atoms with E-state index in [1.165, 1.54) is 4.31 Å². The van der Waals surface area contributed by atoms with Gasteiger partial charge < -0.3 is 5.73 Å². The van der Waals surface area contributed by atoms with E-state index in [1.54, 1.807) is 0 Å². The van der Waals surface area contributed by atoms with Crippen molar-refractivity contribution in [2.24, 2.45) is 5.41 Å². The standard InChI is InChI=1S/C13H18ClFN2O2S/c1-13(2)4-3-5-17(8-13)20(18,19)12-7-11(16)10(15)6-9(12)14/h6-7H,3-5,8,16H2,1-2H3. The van der Waals surface area contributed by atoms with Crippen molar-refractivity contribution < 1.29 is 12.8 Å².